The molecule has 1 saturated carbocycles. The number of allylic oxidation sites excluding steroid dienone is 1. The smallest absolute Gasteiger partial charge is 0.311 e. The van der Waals surface area contributed by atoms with Crippen LogP contribution < -0.4 is 14.9 Å². The summed E-state index contributed by atoms with van der Waals surface area (Å²) in [5, 5.41) is 10.9. The molecular weight excluding hydrogens is 737 g/mol. The van der Waals surface area contributed by atoms with E-state index in [1.54, 1.807) is 55.7 Å². The molecule has 9 nitrogen and oxygen atoms in total. The largest absolute Gasteiger partial charge is 0.496 e. The first-order chi connectivity index (χ1) is 25.9. The minimum Gasteiger partial charge on any atom is -0.496 e. The summed E-state index contributed by atoms with van der Waals surface area (Å²) in [5.74, 6) is 0.324. The Labute approximate surface area is 333 Å². The number of ether oxygens (including phenoxy) is 3. The number of hydrogen-bond donors (Lipinski definition) is 1. The first-order valence-electron chi connectivity index (χ1n) is 17.7. The van der Waals surface area contributed by atoms with Crippen molar-refractivity contribution in [1.82, 2.24) is 10.4 Å². The highest BCUT2D eigenvalue weighted by atomic mass is 35.5. The number of benzene rings is 4. The molecule has 0 radical (unpaired) electrons. The van der Waals surface area contributed by atoms with Gasteiger partial charge in [0.05, 0.1) is 18.6 Å². The molecule has 4 aromatic rings. The summed E-state index contributed by atoms with van der Waals surface area (Å²) >= 11 is 11.5. The number of nitrogens with one attached hydrogen (secondary N) is 1. The van der Waals surface area contributed by atoms with E-state index in [1.807, 2.05) is 110 Å². The summed E-state index contributed by atoms with van der Waals surface area (Å²) in [4.78, 5) is 38.7. The van der Waals surface area contributed by atoms with Crippen molar-refractivity contribution in [3.05, 3.63) is 135 Å². The topological polar surface area (TPSA) is 118 Å². The van der Waals surface area contributed by atoms with Crippen LogP contribution in [-0.2, 0) is 9.53 Å². The highest BCUT2D eigenvalue weighted by molar-refractivity contribution is 6.55. The monoisotopic (exact) mass is 783 g/mol. The fourth-order valence-electron chi connectivity index (χ4n) is 6.29. The Morgan fingerprint density at radius 1 is 0.891 bits per heavy atom. The molecule has 0 bridgehead atoms. The Balaban J connectivity index is 0.000000245. The second kappa shape index (κ2) is 17.9. The number of methoxy groups -OCH3 is 1. The third-order valence-electron chi connectivity index (χ3n) is 9.27. The van der Waals surface area contributed by atoms with E-state index in [0.29, 0.717) is 33.9 Å². The Hall–Kier alpha value is -5.30. The molecule has 2 amide bonds. The molecule has 2 unspecified atom stereocenters. The van der Waals surface area contributed by atoms with Gasteiger partial charge in [-0.15, -0.1) is 0 Å². The van der Waals surface area contributed by atoms with Crippen LogP contribution in [0.15, 0.2) is 102 Å². The number of nitriles is 1. The molecule has 0 spiro atoms. The highest BCUT2D eigenvalue weighted by Gasteiger charge is 2.62. The Kier molecular flexibility index (Phi) is 13.8. The molecule has 0 heterocycles. The molecule has 1 fully saturated rings. The number of halogens is 2. The molecule has 55 heavy (non-hydrogen) atoms. The molecule has 0 aromatic heterocycles. The maximum absolute atomic E-state index is 13.2. The minimum atomic E-state index is -1.03. The molecule has 288 valence electrons. The lowest BCUT2D eigenvalue weighted by atomic mass is 10.0. The van der Waals surface area contributed by atoms with E-state index in [4.69, 9.17) is 37.4 Å². The van der Waals surface area contributed by atoms with E-state index in [2.05, 4.69) is 5.43 Å². The van der Waals surface area contributed by atoms with Crippen molar-refractivity contribution < 1.29 is 28.6 Å². The predicted molar refractivity (Wildman–Crippen MR) is 215 cm³/mol. The van der Waals surface area contributed by atoms with Crippen LogP contribution >= 0.6 is 23.2 Å². The molecule has 4 aromatic carbocycles. The lowest BCUT2D eigenvalue weighted by molar-refractivity contribution is -0.149. The predicted octanol–water partition coefficient (Wildman–Crippen LogP) is 10.4. The van der Waals surface area contributed by atoms with E-state index >= 15 is 0 Å². The second-order valence-corrected chi connectivity index (χ2v) is 16.0. The van der Waals surface area contributed by atoms with Crippen LogP contribution in [0, 0.1) is 49.4 Å². The average Bonchev–Trinajstić information content (AvgIpc) is 3.66. The van der Waals surface area contributed by atoms with Gasteiger partial charge in [0.2, 0.25) is 6.10 Å². The van der Waals surface area contributed by atoms with Crippen LogP contribution in [0.1, 0.15) is 83.7 Å². The molecule has 1 aliphatic rings. The third kappa shape index (κ3) is 10.9. The maximum atomic E-state index is 13.2. The Morgan fingerprint density at radius 3 is 2.09 bits per heavy atom. The van der Waals surface area contributed by atoms with Crippen molar-refractivity contribution in [2.45, 2.75) is 67.0 Å². The number of hydrogen-bond acceptors (Lipinski definition) is 7. The first kappa shape index (κ1) is 42.4. The van der Waals surface area contributed by atoms with E-state index in [9.17, 15) is 19.6 Å². The van der Waals surface area contributed by atoms with Crippen molar-refractivity contribution in [3.8, 4) is 23.3 Å². The number of carbonyl (C=O) groups excluding carboxylic acids is 3. The van der Waals surface area contributed by atoms with E-state index < -0.39 is 17.6 Å². The second-order valence-electron chi connectivity index (χ2n) is 15.0. The van der Waals surface area contributed by atoms with Crippen molar-refractivity contribution in [1.29, 1.82) is 5.26 Å². The van der Waals surface area contributed by atoms with Gasteiger partial charge in [-0.2, -0.15) is 5.26 Å². The lowest BCUT2D eigenvalue weighted by Gasteiger charge is -2.35. The SMILES string of the molecule is CC1(C)C(C=C(Cl)Cl)C1C(=O)O[C@H](C#N)c1cccc(Oc2ccccc2)c1.COc1cccc(C(=O)NN(C(=O)c2cc(C)cc(C)c2)C(C)(C)C)c1C. The molecule has 0 aliphatic heterocycles. The number of carbonyl (C=O) groups is 3. The van der Waals surface area contributed by atoms with Gasteiger partial charge in [0.15, 0.2) is 0 Å². The van der Waals surface area contributed by atoms with Crippen molar-refractivity contribution in [2.24, 2.45) is 17.3 Å². The standard InChI is InChI=1S/C22H19Cl2NO3.C22H28N2O3/c1-22(2)17(12-19(23)24)20(22)21(26)28-18(13-25)14-7-6-10-16(11-14)27-15-8-4-3-5-9-15;1-14-11-15(2)13-17(12-14)21(26)24(22(4,5)6)23-20(25)18-9-8-10-19(27-7)16(18)3/h3-12,17-18,20H,1-2H3;8-13H,1-7H3,(H,23,25)/t17?,18-,20?;/m1./s1. The van der Waals surface area contributed by atoms with Gasteiger partial charge in [0, 0.05) is 22.3 Å². The number of para-hydroxylation sites is 1. The van der Waals surface area contributed by atoms with E-state index in [-0.39, 0.29) is 33.6 Å². The zero-order chi connectivity index (χ0) is 40.7. The molecule has 11 heteroatoms. The maximum Gasteiger partial charge on any atom is 0.311 e. The van der Waals surface area contributed by atoms with Gasteiger partial charge < -0.3 is 14.2 Å². The van der Waals surface area contributed by atoms with Crippen LogP contribution in [0.2, 0.25) is 0 Å². The summed E-state index contributed by atoms with van der Waals surface area (Å²) in [6, 6.07) is 29.2. The zero-order valence-electron chi connectivity index (χ0n) is 32.6. The molecular formula is C44H47Cl2N3O6. The van der Waals surface area contributed by atoms with Gasteiger partial charge in [-0.05, 0) is 107 Å². The molecule has 1 N–H and O–H groups in total. The molecule has 5 rings (SSSR count). The highest BCUT2D eigenvalue weighted by Crippen LogP contribution is 2.60. The van der Waals surface area contributed by atoms with Crippen LogP contribution in [0.3, 0.4) is 0 Å². The Bertz CT molecular complexity index is 2080. The number of aryl methyl sites for hydroxylation is 2. The fraction of sp³-hybridized carbons (Fsp3) is 0.318. The minimum absolute atomic E-state index is 0.114. The van der Waals surface area contributed by atoms with Crippen molar-refractivity contribution in [3.63, 3.8) is 0 Å². The summed E-state index contributed by atoms with van der Waals surface area (Å²) in [6.07, 6.45) is 0.615. The number of amides is 2. The van der Waals surface area contributed by atoms with Gasteiger partial charge in [0.25, 0.3) is 11.8 Å². The third-order valence-corrected chi connectivity index (χ3v) is 9.52. The van der Waals surface area contributed by atoms with Crippen molar-refractivity contribution >= 4 is 41.0 Å². The van der Waals surface area contributed by atoms with Crippen molar-refractivity contribution in [2.75, 3.05) is 7.11 Å². The summed E-state index contributed by atoms with van der Waals surface area (Å²) in [7, 11) is 1.56. The number of nitrogens with zero attached hydrogens (tertiary/aromatic N) is 2. The molecule has 0 saturated heterocycles. The molecule has 3 atom stereocenters. The van der Waals surface area contributed by atoms with Gasteiger partial charge >= 0.3 is 5.97 Å². The van der Waals surface area contributed by atoms with Crippen LogP contribution in [0.5, 0.6) is 17.2 Å². The summed E-state index contributed by atoms with van der Waals surface area (Å²) < 4.78 is 16.7. The first-order valence-corrected chi connectivity index (χ1v) is 18.5. The zero-order valence-corrected chi connectivity index (χ0v) is 34.1. The Morgan fingerprint density at radius 2 is 1.51 bits per heavy atom. The number of hydrazine groups is 1. The van der Waals surface area contributed by atoms with Gasteiger partial charge in [0.1, 0.15) is 27.8 Å². The van der Waals surface area contributed by atoms with Gasteiger partial charge in [-0.1, -0.05) is 90.6 Å². The van der Waals surface area contributed by atoms with E-state index in [1.165, 1.54) is 5.01 Å². The van der Waals surface area contributed by atoms with Crippen LogP contribution in [-0.4, -0.2) is 35.4 Å². The van der Waals surface area contributed by atoms with Gasteiger partial charge in [-0.25, -0.2) is 5.01 Å². The average molecular weight is 785 g/mol. The normalized spacial score (nSPS) is 15.8. The fourth-order valence-corrected chi connectivity index (χ4v) is 6.56. The quantitative estimate of drug-likeness (QED) is 0.133. The number of rotatable bonds is 9. The number of esters is 1. The summed E-state index contributed by atoms with van der Waals surface area (Å²) in [6.45, 7) is 15.2. The lowest BCUT2D eigenvalue weighted by Crippen LogP contribution is -2.56. The van der Waals surface area contributed by atoms with Crippen LogP contribution in [0.4, 0.5) is 0 Å². The summed E-state index contributed by atoms with van der Waals surface area (Å²) in [5.41, 5.74) is 6.17. The van der Waals surface area contributed by atoms with Crippen LogP contribution in [0.25, 0.3) is 0 Å². The van der Waals surface area contributed by atoms with E-state index in [0.717, 1.165) is 16.7 Å². The van der Waals surface area contributed by atoms with Gasteiger partial charge in [-0.3, -0.25) is 19.8 Å². The molecule has 1 aliphatic carbocycles.